The first-order valence-electron chi connectivity index (χ1n) is 11.1. The summed E-state index contributed by atoms with van der Waals surface area (Å²) in [5.41, 5.74) is 6.03. The number of H-pyrrole nitrogens is 1. The normalized spacial score (nSPS) is 16.5. The maximum Gasteiger partial charge on any atom is 0.253 e. The summed E-state index contributed by atoms with van der Waals surface area (Å²) < 4.78 is 14.0. The number of piperazine rings is 1. The van der Waals surface area contributed by atoms with E-state index in [0.29, 0.717) is 0 Å². The molecule has 0 spiro atoms. The number of fused-ring (bicyclic) bond motifs is 3. The van der Waals surface area contributed by atoms with Crippen LogP contribution in [0.15, 0.2) is 35.1 Å². The summed E-state index contributed by atoms with van der Waals surface area (Å²) in [6, 6.07) is 11.0. The molecule has 2 aliphatic rings. The molecule has 32 heavy (non-hydrogen) atoms. The summed E-state index contributed by atoms with van der Waals surface area (Å²) in [5, 5.41) is 13.5. The van der Waals surface area contributed by atoms with Gasteiger partial charge in [-0.1, -0.05) is 6.07 Å². The lowest BCUT2D eigenvalue weighted by Gasteiger charge is -2.36. The molecule has 2 N–H and O–H groups in total. The fourth-order valence-corrected chi connectivity index (χ4v) is 4.97. The lowest BCUT2D eigenvalue weighted by Crippen LogP contribution is -2.46. The molecule has 0 bridgehead atoms. The van der Waals surface area contributed by atoms with Gasteiger partial charge in [-0.25, -0.2) is 4.39 Å². The molecule has 0 atom stereocenters. The monoisotopic (exact) mass is 431 g/mol. The topological polar surface area (TPSA) is 75.2 Å². The highest BCUT2D eigenvalue weighted by Gasteiger charge is 2.21. The molecule has 164 valence electrons. The Morgan fingerprint density at radius 2 is 1.97 bits per heavy atom. The number of hydrogen-bond acceptors (Lipinski definition) is 5. The molecule has 1 saturated heterocycles. The van der Waals surface area contributed by atoms with Gasteiger partial charge in [0.05, 0.1) is 16.8 Å². The van der Waals surface area contributed by atoms with Gasteiger partial charge >= 0.3 is 0 Å². The Balaban J connectivity index is 1.32. The first-order valence-corrected chi connectivity index (χ1v) is 11.1. The molecular weight excluding hydrogens is 405 g/mol. The maximum absolute atomic E-state index is 14.0. The van der Waals surface area contributed by atoms with Gasteiger partial charge in [0.1, 0.15) is 11.9 Å². The van der Waals surface area contributed by atoms with Gasteiger partial charge in [0.25, 0.3) is 5.56 Å². The van der Waals surface area contributed by atoms with Crippen LogP contribution in [0, 0.1) is 24.1 Å². The van der Waals surface area contributed by atoms with Crippen LogP contribution < -0.4 is 15.8 Å². The molecule has 7 heteroatoms. The highest BCUT2D eigenvalue weighted by molar-refractivity contribution is 5.96. The molecule has 0 aliphatic carbocycles. The molecule has 6 nitrogen and oxygen atoms in total. The van der Waals surface area contributed by atoms with E-state index in [1.807, 2.05) is 12.1 Å². The molecule has 0 unspecified atom stereocenters. The average Bonchev–Trinajstić information content (AvgIpc) is 2.79. The number of aryl methyl sites for hydroxylation is 1. The molecular formula is C25H26FN5O. The maximum atomic E-state index is 14.0. The van der Waals surface area contributed by atoms with Crippen LogP contribution in [-0.2, 0) is 13.0 Å². The van der Waals surface area contributed by atoms with Gasteiger partial charge in [0, 0.05) is 55.9 Å². The highest BCUT2D eigenvalue weighted by atomic mass is 19.1. The summed E-state index contributed by atoms with van der Waals surface area (Å²) in [7, 11) is 0. The lowest BCUT2D eigenvalue weighted by atomic mass is 9.97. The fraction of sp³-hybridized carbons (Fsp3) is 0.360. The number of benzene rings is 2. The second-order valence-corrected chi connectivity index (χ2v) is 8.71. The second kappa shape index (κ2) is 8.29. The molecule has 2 aliphatic heterocycles. The van der Waals surface area contributed by atoms with Gasteiger partial charge in [0.15, 0.2) is 0 Å². The van der Waals surface area contributed by atoms with Gasteiger partial charge in [-0.3, -0.25) is 9.69 Å². The average molecular weight is 432 g/mol. The van der Waals surface area contributed by atoms with Crippen molar-refractivity contribution in [1.29, 1.82) is 5.26 Å². The van der Waals surface area contributed by atoms with E-state index in [-0.39, 0.29) is 11.1 Å². The quantitative estimate of drug-likeness (QED) is 0.664. The number of rotatable bonds is 3. The van der Waals surface area contributed by atoms with Crippen molar-refractivity contribution in [3.63, 3.8) is 0 Å². The number of nitrogens with one attached hydrogen (secondary N) is 2. The second-order valence-electron chi connectivity index (χ2n) is 8.71. The SMILES string of the molecule is Cc1cc(CN2CCN(c3ccc(C#N)c(F)c3)CC2)cc2[nH]c(=O)c3c(c12)NCCC3. The third-order valence-corrected chi connectivity index (χ3v) is 6.59. The minimum Gasteiger partial charge on any atom is -0.384 e. The number of anilines is 2. The number of pyridine rings is 1. The lowest BCUT2D eigenvalue weighted by molar-refractivity contribution is 0.250. The molecule has 0 saturated carbocycles. The Kier molecular flexibility index (Phi) is 5.32. The Labute approximate surface area is 186 Å². The fourth-order valence-electron chi connectivity index (χ4n) is 4.97. The predicted molar refractivity (Wildman–Crippen MR) is 125 cm³/mol. The number of halogens is 1. The molecule has 3 heterocycles. The van der Waals surface area contributed by atoms with Crippen LogP contribution >= 0.6 is 0 Å². The van der Waals surface area contributed by atoms with E-state index in [2.05, 4.69) is 39.2 Å². The Hall–Kier alpha value is -3.37. The number of hydrogen-bond donors (Lipinski definition) is 2. The van der Waals surface area contributed by atoms with Crippen molar-refractivity contribution in [2.24, 2.45) is 0 Å². The van der Waals surface area contributed by atoms with Gasteiger partial charge in [-0.05, 0) is 55.2 Å². The van der Waals surface area contributed by atoms with Crippen molar-refractivity contribution >= 4 is 22.3 Å². The van der Waals surface area contributed by atoms with E-state index in [1.54, 1.807) is 6.07 Å². The summed E-state index contributed by atoms with van der Waals surface area (Å²) in [5.74, 6) is -0.468. The zero-order valence-electron chi connectivity index (χ0n) is 18.2. The first kappa shape index (κ1) is 20.5. The zero-order chi connectivity index (χ0) is 22.2. The molecule has 1 fully saturated rings. The number of aromatic amines is 1. The van der Waals surface area contributed by atoms with Gasteiger partial charge in [-0.15, -0.1) is 0 Å². The van der Waals surface area contributed by atoms with Crippen molar-refractivity contribution in [2.45, 2.75) is 26.3 Å². The third kappa shape index (κ3) is 3.71. The van der Waals surface area contributed by atoms with Crippen molar-refractivity contribution in [1.82, 2.24) is 9.88 Å². The van der Waals surface area contributed by atoms with Gasteiger partial charge < -0.3 is 15.2 Å². The van der Waals surface area contributed by atoms with Crippen molar-refractivity contribution < 1.29 is 4.39 Å². The molecule has 0 radical (unpaired) electrons. The summed E-state index contributed by atoms with van der Waals surface area (Å²) in [6.07, 6.45) is 1.81. The van der Waals surface area contributed by atoms with E-state index >= 15 is 0 Å². The summed E-state index contributed by atoms with van der Waals surface area (Å²) in [4.78, 5) is 20.2. The van der Waals surface area contributed by atoms with Crippen molar-refractivity contribution in [3.8, 4) is 6.07 Å². The molecule has 5 rings (SSSR count). The van der Waals surface area contributed by atoms with Crippen LogP contribution in [0.5, 0.6) is 0 Å². The predicted octanol–water partition coefficient (Wildman–Crippen LogP) is 3.53. The summed E-state index contributed by atoms with van der Waals surface area (Å²) >= 11 is 0. The Bertz CT molecular complexity index is 1280. The number of nitrogens with zero attached hydrogens (tertiary/aromatic N) is 3. The van der Waals surface area contributed by atoms with Crippen molar-refractivity contribution in [3.05, 3.63) is 68.8 Å². The van der Waals surface area contributed by atoms with Crippen LogP contribution in [-0.4, -0.2) is 42.6 Å². The van der Waals surface area contributed by atoms with E-state index in [9.17, 15) is 9.18 Å². The van der Waals surface area contributed by atoms with Crippen LogP contribution in [0.3, 0.4) is 0 Å². The standard InChI is InChI=1S/C25H26FN5O/c1-16-11-17(12-22-23(16)24-20(25(32)29-22)3-2-6-28-24)15-30-7-9-31(10-8-30)19-5-4-18(14-27)21(26)13-19/h4-5,11-13,28H,2-3,6-10,15H2,1H3,(H,29,32). The smallest absolute Gasteiger partial charge is 0.253 e. The highest BCUT2D eigenvalue weighted by Crippen LogP contribution is 2.31. The van der Waals surface area contributed by atoms with Crippen LogP contribution in [0.4, 0.5) is 15.8 Å². The van der Waals surface area contributed by atoms with E-state index < -0.39 is 5.82 Å². The van der Waals surface area contributed by atoms with Crippen LogP contribution in [0.1, 0.15) is 28.7 Å². The third-order valence-electron chi connectivity index (χ3n) is 6.59. The largest absolute Gasteiger partial charge is 0.384 e. The molecule has 0 amide bonds. The minimum absolute atomic E-state index is 0.0134. The van der Waals surface area contributed by atoms with E-state index in [4.69, 9.17) is 5.26 Å². The molecule has 1 aromatic heterocycles. The number of aromatic nitrogens is 1. The van der Waals surface area contributed by atoms with Crippen molar-refractivity contribution in [2.75, 3.05) is 42.9 Å². The molecule has 2 aromatic carbocycles. The minimum atomic E-state index is -0.468. The van der Waals surface area contributed by atoms with Crippen LogP contribution in [0.2, 0.25) is 0 Å². The molecule has 3 aromatic rings. The zero-order valence-corrected chi connectivity index (χ0v) is 18.2. The van der Waals surface area contributed by atoms with E-state index in [0.717, 1.165) is 80.0 Å². The summed E-state index contributed by atoms with van der Waals surface area (Å²) in [6.45, 7) is 7.14. The Morgan fingerprint density at radius 3 is 2.72 bits per heavy atom. The van der Waals surface area contributed by atoms with Gasteiger partial charge in [0.2, 0.25) is 0 Å². The first-order chi connectivity index (χ1) is 15.5. The van der Waals surface area contributed by atoms with Crippen LogP contribution in [0.25, 0.3) is 10.9 Å². The number of nitriles is 1. The van der Waals surface area contributed by atoms with Gasteiger partial charge in [-0.2, -0.15) is 5.26 Å². The van der Waals surface area contributed by atoms with E-state index in [1.165, 1.54) is 17.2 Å². The Morgan fingerprint density at radius 1 is 1.16 bits per heavy atom.